The van der Waals surface area contributed by atoms with E-state index < -0.39 is 6.10 Å². The zero-order chi connectivity index (χ0) is 14.7. The van der Waals surface area contributed by atoms with Gasteiger partial charge in [0, 0.05) is 25.4 Å². The van der Waals surface area contributed by atoms with Crippen LogP contribution in [0.15, 0.2) is 18.2 Å². The predicted octanol–water partition coefficient (Wildman–Crippen LogP) is 2.79. The minimum Gasteiger partial charge on any atom is -0.370 e. The number of hydrogen-bond donors (Lipinski definition) is 1. The van der Waals surface area contributed by atoms with Crippen LogP contribution in [0.2, 0.25) is 0 Å². The van der Waals surface area contributed by atoms with Gasteiger partial charge in [0.25, 0.3) is 5.91 Å². The SMILES string of the molecule is CC(C)N(C)c1ccc(NC(=O)[C@H]2CCCO2)cc1F. The first-order valence-electron chi connectivity index (χ1n) is 6.94. The van der Waals surface area contributed by atoms with Crippen molar-refractivity contribution in [3.8, 4) is 0 Å². The molecule has 110 valence electrons. The van der Waals surface area contributed by atoms with Crippen molar-refractivity contribution >= 4 is 17.3 Å². The number of nitrogens with zero attached hydrogens (tertiary/aromatic N) is 1. The summed E-state index contributed by atoms with van der Waals surface area (Å²) in [5.41, 5.74) is 0.985. The lowest BCUT2D eigenvalue weighted by atomic mass is 10.2. The van der Waals surface area contributed by atoms with Crippen molar-refractivity contribution in [1.29, 1.82) is 0 Å². The average molecular weight is 280 g/mol. The second kappa shape index (κ2) is 6.22. The molecule has 1 aromatic rings. The molecule has 1 aliphatic rings. The van der Waals surface area contributed by atoms with Crippen LogP contribution in [0.3, 0.4) is 0 Å². The number of benzene rings is 1. The molecular formula is C15H21FN2O2. The number of ether oxygens (including phenoxy) is 1. The zero-order valence-corrected chi connectivity index (χ0v) is 12.1. The van der Waals surface area contributed by atoms with Gasteiger partial charge < -0.3 is 15.0 Å². The maximum Gasteiger partial charge on any atom is 0.253 e. The summed E-state index contributed by atoms with van der Waals surface area (Å²) in [6.07, 6.45) is 1.21. The van der Waals surface area contributed by atoms with Gasteiger partial charge in [0.05, 0.1) is 5.69 Å². The van der Waals surface area contributed by atoms with Crippen LogP contribution in [0.1, 0.15) is 26.7 Å². The Kier molecular flexibility index (Phi) is 4.60. The quantitative estimate of drug-likeness (QED) is 0.922. The van der Waals surface area contributed by atoms with Gasteiger partial charge >= 0.3 is 0 Å². The summed E-state index contributed by atoms with van der Waals surface area (Å²) in [6, 6.07) is 4.95. The van der Waals surface area contributed by atoms with Crippen LogP contribution in [0, 0.1) is 5.82 Å². The topological polar surface area (TPSA) is 41.6 Å². The highest BCUT2D eigenvalue weighted by atomic mass is 19.1. The largest absolute Gasteiger partial charge is 0.370 e. The fourth-order valence-corrected chi connectivity index (χ4v) is 2.16. The first-order chi connectivity index (χ1) is 9.49. The molecule has 1 atom stereocenters. The van der Waals surface area contributed by atoms with Crippen molar-refractivity contribution in [2.24, 2.45) is 0 Å². The highest BCUT2D eigenvalue weighted by molar-refractivity contribution is 5.94. The molecule has 2 rings (SSSR count). The molecule has 1 N–H and O–H groups in total. The van der Waals surface area contributed by atoms with Crippen LogP contribution in [0.4, 0.5) is 15.8 Å². The molecule has 1 amide bonds. The lowest BCUT2D eigenvalue weighted by molar-refractivity contribution is -0.124. The van der Waals surface area contributed by atoms with Gasteiger partial charge in [-0.25, -0.2) is 4.39 Å². The highest BCUT2D eigenvalue weighted by Gasteiger charge is 2.23. The third-order valence-corrected chi connectivity index (χ3v) is 3.59. The van der Waals surface area contributed by atoms with Crippen molar-refractivity contribution in [3.63, 3.8) is 0 Å². The number of carbonyl (C=O) groups is 1. The summed E-state index contributed by atoms with van der Waals surface area (Å²) in [6.45, 7) is 4.60. The van der Waals surface area contributed by atoms with Gasteiger partial charge in [0.1, 0.15) is 11.9 Å². The Balaban J connectivity index is 2.07. The summed E-state index contributed by atoms with van der Waals surface area (Å²) in [5, 5.41) is 2.70. The van der Waals surface area contributed by atoms with Gasteiger partial charge in [-0.1, -0.05) is 0 Å². The van der Waals surface area contributed by atoms with Gasteiger partial charge in [0.15, 0.2) is 0 Å². The fourth-order valence-electron chi connectivity index (χ4n) is 2.16. The van der Waals surface area contributed by atoms with Gasteiger partial charge in [-0.15, -0.1) is 0 Å². The molecule has 0 radical (unpaired) electrons. The van der Waals surface area contributed by atoms with Crippen LogP contribution < -0.4 is 10.2 Å². The smallest absolute Gasteiger partial charge is 0.253 e. The Labute approximate surface area is 118 Å². The van der Waals surface area contributed by atoms with E-state index in [0.29, 0.717) is 18.0 Å². The van der Waals surface area contributed by atoms with E-state index >= 15 is 0 Å². The standard InChI is InChI=1S/C15H21FN2O2/c1-10(2)18(3)13-7-6-11(9-12(13)16)17-15(19)14-5-4-8-20-14/h6-7,9-10,14H,4-5,8H2,1-3H3,(H,17,19)/t14-/m1/s1. The molecule has 0 unspecified atom stereocenters. The summed E-state index contributed by atoms with van der Waals surface area (Å²) in [7, 11) is 1.84. The van der Waals surface area contributed by atoms with Gasteiger partial charge in [-0.2, -0.15) is 0 Å². The second-order valence-corrected chi connectivity index (χ2v) is 5.36. The van der Waals surface area contributed by atoms with Crippen molar-refractivity contribution in [2.75, 3.05) is 23.9 Å². The second-order valence-electron chi connectivity index (χ2n) is 5.36. The van der Waals surface area contributed by atoms with Crippen molar-refractivity contribution < 1.29 is 13.9 Å². The molecule has 1 aromatic carbocycles. The predicted molar refractivity (Wildman–Crippen MR) is 77.5 cm³/mol. The maximum absolute atomic E-state index is 14.1. The summed E-state index contributed by atoms with van der Waals surface area (Å²) < 4.78 is 19.4. The molecule has 1 heterocycles. The molecule has 0 bridgehead atoms. The van der Waals surface area contributed by atoms with Crippen LogP contribution in [-0.4, -0.2) is 31.7 Å². The van der Waals surface area contributed by atoms with E-state index in [4.69, 9.17) is 4.74 Å². The van der Waals surface area contributed by atoms with Crippen LogP contribution in [0.25, 0.3) is 0 Å². The summed E-state index contributed by atoms with van der Waals surface area (Å²) in [4.78, 5) is 13.7. The van der Waals surface area contributed by atoms with Gasteiger partial charge in [-0.3, -0.25) is 4.79 Å². The minimum absolute atomic E-state index is 0.202. The number of nitrogens with one attached hydrogen (secondary N) is 1. The highest BCUT2D eigenvalue weighted by Crippen LogP contribution is 2.24. The van der Waals surface area contributed by atoms with E-state index in [1.807, 2.05) is 25.8 Å². The van der Waals surface area contributed by atoms with E-state index in [1.54, 1.807) is 12.1 Å². The fraction of sp³-hybridized carbons (Fsp3) is 0.533. The average Bonchev–Trinajstić information content (AvgIpc) is 2.92. The molecule has 1 aliphatic heterocycles. The molecule has 1 fully saturated rings. The number of amides is 1. The molecular weight excluding hydrogens is 259 g/mol. The number of hydrogen-bond acceptors (Lipinski definition) is 3. The molecule has 1 saturated heterocycles. The first-order valence-corrected chi connectivity index (χ1v) is 6.94. The maximum atomic E-state index is 14.1. The number of rotatable bonds is 4. The van der Waals surface area contributed by atoms with Crippen LogP contribution in [0.5, 0.6) is 0 Å². The molecule has 4 nitrogen and oxygen atoms in total. The van der Waals surface area contributed by atoms with Crippen molar-refractivity contribution in [1.82, 2.24) is 0 Å². The molecule has 0 aromatic heterocycles. The van der Waals surface area contributed by atoms with Crippen LogP contribution >= 0.6 is 0 Å². The van der Waals surface area contributed by atoms with E-state index in [1.165, 1.54) is 6.07 Å². The van der Waals surface area contributed by atoms with Gasteiger partial charge in [-0.05, 0) is 44.9 Å². The molecule has 5 heteroatoms. The molecule has 20 heavy (non-hydrogen) atoms. The first kappa shape index (κ1) is 14.8. The summed E-state index contributed by atoms with van der Waals surface area (Å²) >= 11 is 0. The normalized spacial score (nSPS) is 18.4. The Bertz CT molecular complexity index is 485. The molecule has 0 aliphatic carbocycles. The third-order valence-electron chi connectivity index (χ3n) is 3.59. The lowest BCUT2D eigenvalue weighted by Crippen LogP contribution is -2.28. The number of anilines is 2. The Morgan fingerprint density at radius 1 is 1.50 bits per heavy atom. The number of halogens is 1. The monoisotopic (exact) mass is 280 g/mol. The van der Waals surface area contributed by atoms with Crippen molar-refractivity contribution in [2.45, 2.75) is 38.8 Å². The molecule has 0 saturated carbocycles. The van der Waals surface area contributed by atoms with E-state index in [-0.39, 0.29) is 17.8 Å². The Morgan fingerprint density at radius 3 is 2.80 bits per heavy atom. The van der Waals surface area contributed by atoms with E-state index in [0.717, 1.165) is 12.8 Å². The number of carbonyl (C=O) groups excluding carboxylic acids is 1. The zero-order valence-electron chi connectivity index (χ0n) is 12.1. The summed E-state index contributed by atoms with van der Waals surface area (Å²) in [5.74, 6) is -0.543. The van der Waals surface area contributed by atoms with E-state index in [9.17, 15) is 9.18 Å². The third kappa shape index (κ3) is 3.28. The van der Waals surface area contributed by atoms with Gasteiger partial charge in [0.2, 0.25) is 0 Å². The van der Waals surface area contributed by atoms with Crippen LogP contribution in [-0.2, 0) is 9.53 Å². The lowest BCUT2D eigenvalue weighted by Gasteiger charge is -2.24. The Hall–Kier alpha value is -1.62. The Morgan fingerprint density at radius 2 is 2.25 bits per heavy atom. The minimum atomic E-state index is -0.406. The van der Waals surface area contributed by atoms with E-state index in [2.05, 4.69) is 5.32 Å². The molecule has 0 spiro atoms. The van der Waals surface area contributed by atoms with Crippen molar-refractivity contribution in [3.05, 3.63) is 24.0 Å².